The molecule has 0 spiro atoms. The van der Waals surface area contributed by atoms with E-state index in [4.69, 9.17) is 5.11 Å². The molecule has 1 N–H and O–H groups in total. The molecule has 0 saturated heterocycles. The third kappa shape index (κ3) is 2.63. The number of Topliss-reactive ketones (excluding diaryl/α,β-unsaturated/α-hetero) is 1. The van der Waals surface area contributed by atoms with E-state index < -0.39 is 5.97 Å². The quantitative estimate of drug-likeness (QED) is 0.854. The molecule has 3 nitrogen and oxygen atoms in total. The van der Waals surface area contributed by atoms with Crippen molar-refractivity contribution in [3.05, 3.63) is 76.4 Å². The van der Waals surface area contributed by atoms with Crippen molar-refractivity contribution < 1.29 is 14.7 Å². The van der Waals surface area contributed by atoms with Crippen LogP contribution in [0.25, 0.3) is 6.08 Å². The number of hydrogen-bond acceptors (Lipinski definition) is 2. The largest absolute Gasteiger partial charge is 0.478 e. The normalized spacial score (nSPS) is 15.8. The van der Waals surface area contributed by atoms with E-state index >= 15 is 0 Å². The molecule has 0 radical (unpaired) electrons. The number of carboxylic acid groups (broad SMARTS) is 1. The van der Waals surface area contributed by atoms with Crippen LogP contribution in [-0.4, -0.2) is 16.9 Å². The van der Waals surface area contributed by atoms with Gasteiger partial charge in [-0.05, 0) is 42.2 Å². The van der Waals surface area contributed by atoms with Gasteiger partial charge >= 0.3 is 5.97 Å². The lowest BCUT2D eigenvalue weighted by Gasteiger charge is -2.17. The average Bonchev–Trinajstić information content (AvgIpc) is 2.51. The van der Waals surface area contributed by atoms with Gasteiger partial charge in [-0.2, -0.15) is 0 Å². The van der Waals surface area contributed by atoms with Gasteiger partial charge in [0.1, 0.15) is 0 Å². The number of fused-ring (bicyclic) bond motifs is 1. The Morgan fingerprint density at radius 2 is 1.71 bits per heavy atom. The van der Waals surface area contributed by atoms with E-state index in [-0.39, 0.29) is 11.3 Å². The third-order valence-corrected chi connectivity index (χ3v) is 3.72. The molecule has 0 aliphatic heterocycles. The third-order valence-electron chi connectivity index (χ3n) is 3.72. The van der Waals surface area contributed by atoms with Crippen LogP contribution < -0.4 is 0 Å². The highest BCUT2D eigenvalue weighted by Gasteiger charge is 2.20. The first-order valence-corrected chi connectivity index (χ1v) is 6.82. The standard InChI is InChI=1S/C18H14O3/c19-17-15(10-9-13-3-1-2-4-16(13)17)11-12-5-7-14(8-6-12)18(20)21/h1-8,11H,9-10H2,(H,20,21). The zero-order valence-electron chi connectivity index (χ0n) is 11.4. The molecule has 104 valence electrons. The van der Waals surface area contributed by atoms with Crippen LogP contribution in [0.1, 0.15) is 38.3 Å². The first kappa shape index (κ1) is 13.3. The molecule has 0 fully saturated rings. The molecule has 2 aromatic rings. The number of aromatic carboxylic acids is 1. The Balaban J connectivity index is 1.91. The minimum atomic E-state index is -0.947. The minimum absolute atomic E-state index is 0.0687. The second-order valence-corrected chi connectivity index (χ2v) is 5.08. The van der Waals surface area contributed by atoms with E-state index in [1.165, 1.54) is 0 Å². The lowest BCUT2D eigenvalue weighted by Crippen LogP contribution is -2.13. The fourth-order valence-electron chi connectivity index (χ4n) is 2.58. The lowest BCUT2D eigenvalue weighted by molar-refractivity contribution is 0.0696. The average molecular weight is 278 g/mol. The number of carbonyl (C=O) groups excluding carboxylic acids is 1. The van der Waals surface area contributed by atoms with Crippen molar-refractivity contribution >= 4 is 17.8 Å². The number of carboxylic acids is 1. The molecular weight excluding hydrogens is 264 g/mol. The summed E-state index contributed by atoms with van der Waals surface area (Å²) in [6.45, 7) is 0. The molecule has 0 bridgehead atoms. The van der Waals surface area contributed by atoms with Crippen LogP contribution in [0, 0.1) is 0 Å². The Kier molecular flexibility index (Phi) is 3.40. The zero-order valence-corrected chi connectivity index (χ0v) is 11.4. The van der Waals surface area contributed by atoms with Gasteiger partial charge in [0.2, 0.25) is 0 Å². The van der Waals surface area contributed by atoms with Crippen LogP contribution in [0.5, 0.6) is 0 Å². The first-order chi connectivity index (χ1) is 10.1. The summed E-state index contributed by atoms with van der Waals surface area (Å²) >= 11 is 0. The molecule has 21 heavy (non-hydrogen) atoms. The highest BCUT2D eigenvalue weighted by atomic mass is 16.4. The number of benzene rings is 2. The number of allylic oxidation sites excluding steroid dienone is 1. The van der Waals surface area contributed by atoms with Gasteiger partial charge in [0, 0.05) is 11.1 Å². The molecule has 3 rings (SSSR count). The Hall–Kier alpha value is -2.68. The van der Waals surface area contributed by atoms with Gasteiger partial charge in [0.15, 0.2) is 5.78 Å². The summed E-state index contributed by atoms with van der Waals surface area (Å²) in [5.41, 5.74) is 3.75. The second kappa shape index (κ2) is 5.37. The van der Waals surface area contributed by atoms with Gasteiger partial charge in [-0.1, -0.05) is 36.4 Å². The van der Waals surface area contributed by atoms with Crippen LogP contribution in [0.2, 0.25) is 0 Å². The lowest BCUT2D eigenvalue weighted by atomic mass is 9.86. The van der Waals surface area contributed by atoms with Crippen molar-refractivity contribution in [3.63, 3.8) is 0 Å². The monoisotopic (exact) mass is 278 g/mol. The minimum Gasteiger partial charge on any atom is -0.478 e. The van der Waals surface area contributed by atoms with Gasteiger partial charge in [0.05, 0.1) is 5.56 Å². The van der Waals surface area contributed by atoms with E-state index in [0.29, 0.717) is 0 Å². The maximum absolute atomic E-state index is 12.4. The summed E-state index contributed by atoms with van der Waals surface area (Å²) in [4.78, 5) is 23.3. The Bertz CT molecular complexity index is 739. The van der Waals surface area contributed by atoms with E-state index in [1.807, 2.05) is 30.3 Å². The summed E-state index contributed by atoms with van der Waals surface area (Å²) in [6, 6.07) is 14.2. The summed E-state index contributed by atoms with van der Waals surface area (Å²) in [5.74, 6) is -0.879. The zero-order chi connectivity index (χ0) is 14.8. The van der Waals surface area contributed by atoms with Gasteiger partial charge in [-0.25, -0.2) is 4.79 Å². The fraction of sp³-hybridized carbons (Fsp3) is 0.111. The fourth-order valence-corrected chi connectivity index (χ4v) is 2.58. The molecule has 3 heteroatoms. The van der Waals surface area contributed by atoms with E-state index in [0.717, 1.165) is 35.1 Å². The predicted octanol–water partition coefficient (Wildman–Crippen LogP) is 3.60. The molecule has 1 aliphatic rings. The van der Waals surface area contributed by atoms with Crippen LogP contribution >= 0.6 is 0 Å². The van der Waals surface area contributed by atoms with Crippen molar-refractivity contribution in [2.45, 2.75) is 12.8 Å². The molecular formula is C18H14O3. The van der Waals surface area contributed by atoms with E-state index in [1.54, 1.807) is 24.3 Å². The summed E-state index contributed by atoms with van der Waals surface area (Å²) in [7, 11) is 0. The van der Waals surface area contributed by atoms with Crippen LogP contribution in [-0.2, 0) is 6.42 Å². The number of hydrogen-bond donors (Lipinski definition) is 1. The smallest absolute Gasteiger partial charge is 0.335 e. The van der Waals surface area contributed by atoms with Crippen molar-refractivity contribution in [2.75, 3.05) is 0 Å². The maximum atomic E-state index is 12.4. The van der Waals surface area contributed by atoms with Crippen LogP contribution in [0.15, 0.2) is 54.1 Å². The summed E-state index contributed by atoms with van der Waals surface area (Å²) < 4.78 is 0. The Labute approximate surface area is 122 Å². The highest BCUT2D eigenvalue weighted by Crippen LogP contribution is 2.26. The topological polar surface area (TPSA) is 54.4 Å². The molecule has 2 aromatic carbocycles. The molecule has 1 aliphatic carbocycles. The number of aryl methyl sites for hydroxylation is 1. The first-order valence-electron chi connectivity index (χ1n) is 6.82. The maximum Gasteiger partial charge on any atom is 0.335 e. The highest BCUT2D eigenvalue weighted by molar-refractivity contribution is 6.13. The molecule has 0 atom stereocenters. The summed E-state index contributed by atoms with van der Waals surface area (Å²) in [5, 5.41) is 8.88. The van der Waals surface area contributed by atoms with E-state index in [2.05, 4.69) is 0 Å². The Morgan fingerprint density at radius 1 is 1.00 bits per heavy atom. The number of rotatable bonds is 2. The van der Waals surface area contributed by atoms with Crippen molar-refractivity contribution in [3.8, 4) is 0 Å². The molecule has 0 saturated carbocycles. The molecule has 0 amide bonds. The van der Waals surface area contributed by atoms with Crippen LogP contribution in [0.4, 0.5) is 0 Å². The predicted molar refractivity (Wildman–Crippen MR) is 80.5 cm³/mol. The van der Waals surface area contributed by atoms with E-state index in [9.17, 15) is 9.59 Å². The van der Waals surface area contributed by atoms with Crippen LogP contribution in [0.3, 0.4) is 0 Å². The molecule has 0 aromatic heterocycles. The van der Waals surface area contributed by atoms with Gasteiger partial charge in [0.25, 0.3) is 0 Å². The molecule has 0 heterocycles. The summed E-state index contributed by atoms with van der Waals surface area (Å²) in [6.07, 6.45) is 3.43. The van der Waals surface area contributed by atoms with Gasteiger partial charge < -0.3 is 5.11 Å². The Morgan fingerprint density at radius 3 is 2.43 bits per heavy atom. The SMILES string of the molecule is O=C(O)c1ccc(C=C2CCc3ccccc3C2=O)cc1. The van der Waals surface area contributed by atoms with Crippen molar-refractivity contribution in [1.82, 2.24) is 0 Å². The molecule has 0 unspecified atom stereocenters. The van der Waals surface area contributed by atoms with Crippen molar-refractivity contribution in [1.29, 1.82) is 0 Å². The number of carbonyl (C=O) groups is 2. The second-order valence-electron chi connectivity index (χ2n) is 5.08. The van der Waals surface area contributed by atoms with Gasteiger partial charge in [-0.15, -0.1) is 0 Å². The van der Waals surface area contributed by atoms with Gasteiger partial charge in [-0.3, -0.25) is 4.79 Å². The number of ketones is 1. The van der Waals surface area contributed by atoms with Crippen molar-refractivity contribution in [2.24, 2.45) is 0 Å².